The Bertz CT molecular complexity index is 813. The molecular weight excluding hydrogens is 288 g/mol. The number of H-pyrrole nitrogens is 1. The average Bonchev–Trinajstić information content (AvgIpc) is 3.10. The van der Waals surface area contributed by atoms with Crippen molar-refractivity contribution in [2.45, 2.75) is 6.54 Å². The molecule has 0 aliphatic carbocycles. The van der Waals surface area contributed by atoms with Crippen molar-refractivity contribution in [3.63, 3.8) is 0 Å². The van der Waals surface area contributed by atoms with Gasteiger partial charge in [0.1, 0.15) is 0 Å². The number of anilines is 1. The third kappa shape index (κ3) is 2.17. The summed E-state index contributed by atoms with van der Waals surface area (Å²) < 4.78 is 10.7. The second kappa shape index (κ2) is 4.90. The third-order valence-electron chi connectivity index (χ3n) is 3.56. The Morgan fingerprint density at radius 3 is 2.86 bits per heavy atom. The molecule has 1 aliphatic heterocycles. The van der Waals surface area contributed by atoms with Gasteiger partial charge in [0.15, 0.2) is 11.5 Å². The van der Waals surface area contributed by atoms with Gasteiger partial charge in [0.2, 0.25) is 6.79 Å². The minimum atomic E-state index is 0.284. The van der Waals surface area contributed by atoms with Crippen LogP contribution >= 0.6 is 11.6 Å². The highest BCUT2D eigenvalue weighted by Gasteiger charge is 2.13. The summed E-state index contributed by atoms with van der Waals surface area (Å²) in [5.41, 5.74) is 2.98. The minimum absolute atomic E-state index is 0.284. The molecule has 0 spiro atoms. The van der Waals surface area contributed by atoms with Crippen molar-refractivity contribution < 1.29 is 9.47 Å². The molecule has 0 fully saturated rings. The van der Waals surface area contributed by atoms with E-state index in [0.717, 1.165) is 38.8 Å². The van der Waals surface area contributed by atoms with Crippen LogP contribution in [0.5, 0.6) is 11.5 Å². The van der Waals surface area contributed by atoms with Gasteiger partial charge in [0, 0.05) is 22.7 Å². The van der Waals surface area contributed by atoms with Crippen LogP contribution in [0.2, 0.25) is 5.02 Å². The summed E-state index contributed by atoms with van der Waals surface area (Å²) in [5.74, 6) is 1.55. The molecule has 0 unspecified atom stereocenters. The lowest BCUT2D eigenvalue weighted by Crippen LogP contribution is -2.00. The van der Waals surface area contributed by atoms with E-state index in [4.69, 9.17) is 21.1 Å². The Kier molecular flexibility index (Phi) is 2.89. The number of hydrogen-bond acceptors (Lipinski definition) is 3. The van der Waals surface area contributed by atoms with Gasteiger partial charge in [0.05, 0.1) is 17.3 Å². The first-order valence-electron chi connectivity index (χ1n) is 6.70. The lowest BCUT2D eigenvalue weighted by atomic mass is 10.2. The van der Waals surface area contributed by atoms with Crippen molar-refractivity contribution in [2.75, 3.05) is 12.1 Å². The number of hydrogen-bond donors (Lipinski definition) is 2. The number of ether oxygens (including phenoxy) is 2. The van der Waals surface area contributed by atoms with Gasteiger partial charge < -0.3 is 19.8 Å². The summed E-state index contributed by atoms with van der Waals surface area (Å²) in [6, 6.07) is 13.8. The summed E-state index contributed by atoms with van der Waals surface area (Å²) in [6.45, 7) is 0.903. The van der Waals surface area contributed by atoms with E-state index in [2.05, 4.69) is 10.3 Å². The van der Waals surface area contributed by atoms with Crippen molar-refractivity contribution in [3.8, 4) is 11.5 Å². The van der Waals surface area contributed by atoms with Crippen molar-refractivity contribution in [3.05, 3.63) is 53.2 Å². The number of aromatic nitrogens is 1. The standard InChI is InChI=1S/C16H13ClN2O2/c17-16-11-3-1-2-4-12(11)19-13(16)8-18-10-5-6-14-15(7-10)21-9-20-14/h1-7,18-19H,8-9H2. The van der Waals surface area contributed by atoms with E-state index < -0.39 is 0 Å². The largest absolute Gasteiger partial charge is 0.454 e. The Hall–Kier alpha value is -2.33. The summed E-state index contributed by atoms with van der Waals surface area (Å²) in [7, 11) is 0. The molecule has 0 atom stereocenters. The van der Waals surface area contributed by atoms with E-state index in [9.17, 15) is 0 Å². The van der Waals surface area contributed by atoms with E-state index in [1.807, 2.05) is 42.5 Å². The summed E-state index contributed by atoms with van der Waals surface area (Å²) in [5, 5.41) is 5.15. The molecule has 2 aromatic carbocycles. The zero-order valence-corrected chi connectivity index (χ0v) is 11.9. The van der Waals surface area contributed by atoms with E-state index >= 15 is 0 Å². The molecule has 1 aromatic heterocycles. The highest BCUT2D eigenvalue weighted by molar-refractivity contribution is 6.36. The van der Waals surface area contributed by atoms with Crippen LogP contribution in [-0.4, -0.2) is 11.8 Å². The summed E-state index contributed by atoms with van der Waals surface area (Å²) in [6.07, 6.45) is 0. The maximum Gasteiger partial charge on any atom is 0.231 e. The SMILES string of the molecule is Clc1c(CNc2ccc3c(c2)OCO3)[nH]c2ccccc12. The smallest absolute Gasteiger partial charge is 0.231 e. The fourth-order valence-corrected chi connectivity index (χ4v) is 2.76. The van der Waals surface area contributed by atoms with Gasteiger partial charge in [-0.2, -0.15) is 0 Å². The number of nitrogens with one attached hydrogen (secondary N) is 2. The zero-order valence-electron chi connectivity index (χ0n) is 11.2. The van der Waals surface area contributed by atoms with E-state index in [1.165, 1.54) is 0 Å². The Labute approximate surface area is 126 Å². The van der Waals surface area contributed by atoms with Crippen LogP contribution in [-0.2, 0) is 6.54 Å². The van der Waals surface area contributed by atoms with Crippen LogP contribution < -0.4 is 14.8 Å². The van der Waals surface area contributed by atoms with Crippen molar-refractivity contribution >= 4 is 28.2 Å². The third-order valence-corrected chi connectivity index (χ3v) is 3.99. The average molecular weight is 301 g/mol. The van der Waals surface area contributed by atoms with E-state index in [-0.39, 0.29) is 6.79 Å². The first-order valence-corrected chi connectivity index (χ1v) is 7.08. The van der Waals surface area contributed by atoms with Crippen LogP contribution in [0.4, 0.5) is 5.69 Å². The molecule has 3 aromatic rings. The fourth-order valence-electron chi connectivity index (χ4n) is 2.48. The fraction of sp³-hybridized carbons (Fsp3) is 0.125. The number of aromatic amines is 1. The molecule has 2 N–H and O–H groups in total. The first kappa shape index (κ1) is 12.4. The summed E-state index contributed by atoms with van der Waals surface area (Å²) >= 11 is 6.40. The quantitative estimate of drug-likeness (QED) is 0.763. The van der Waals surface area contributed by atoms with Gasteiger partial charge >= 0.3 is 0 Å². The highest BCUT2D eigenvalue weighted by Crippen LogP contribution is 2.34. The van der Waals surface area contributed by atoms with E-state index in [1.54, 1.807) is 0 Å². The molecular formula is C16H13ClN2O2. The van der Waals surface area contributed by atoms with E-state index in [0.29, 0.717) is 6.54 Å². The molecule has 0 saturated heterocycles. The predicted molar refractivity (Wildman–Crippen MR) is 83.2 cm³/mol. The Balaban J connectivity index is 1.57. The van der Waals surface area contributed by atoms with Gasteiger partial charge in [-0.15, -0.1) is 0 Å². The normalized spacial score (nSPS) is 12.8. The molecule has 2 heterocycles. The molecule has 5 heteroatoms. The molecule has 4 rings (SSSR count). The van der Waals surface area contributed by atoms with Crippen molar-refractivity contribution in [2.24, 2.45) is 0 Å². The lowest BCUT2D eigenvalue weighted by Gasteiger charge is -2.06. The zero-order chi connectivity index (χ0) is 14.2. The second-order valence-corrected chi connectivity index (χ2v) is 5.26. The monoisotopic (exact) mass is 300 g/mol. The number of benzene rings is 2. The number of halogens is 1. The van der Waals surface area contributed by atoms with Crippen LogP contribution in [0.15, 0.2) is 42.5 Å². The number of fused-ring (bicyclic) bond motifs is 2. The summed E-state index contributed by atoms with van der Waals surface area (Å²) in [4.78, 5) is 3.34. The van der Waals surface area contributed by atoms with Crippen LogP contribution in [0, 0.1) is 0 Å². The van der Waals surface area contributed by atoms with Gasteiger partial charge in [-0.05, 0) is 18.2 Å². The number of para-hydroxylation sites is 1. The highest BCUT2D eigenvalue weighted by atomic mass is 35.5. The molecule has 4 nitrogen and oxygen atoms in total. The molecule has 21 heavy (non-hydrogen) atoms. The second-order valence-electron chi connectivity index (χ2n) is 4.88. The van der Waals surface area contributed by atoms with Gasteiger partial charge in [0.25, 0.3) is 0 Å². The lowest BCUT2D eigenvalue weighted by molar-refractivity contribution is 0.174. The topological polar surface area (TPSA) is 46.3 Å². The Morgan fingerprint density at radius 2 is 1.95 bits per heavy atom. The van der Waals surface area contributed by atoms with Gasteiger partial charge in [-0.3, -0.25) is 0 Å². The molecule has 0 bridgehead atoms. The van der Waals surface area contributed by atoms with Gasteiger partial charge in [-0.1, -0.05) is 29.8 Å². The minimum Gasteiger partial charge on any atom is -0.454 e. The Morgan fingerprint density at radius 1 is 1.10 bits per heavy atom. The van der Waals surface area contributed by atoms with Crippen LogP contribution in [0.25, 0.3) is 10.9 Å². The molecule has 0 amide bonds. The van der Waals surface area contributed by atoms with Crippen molar-refractivity contribution in [1.82, 2.24) is 4.98 Å². The van der Waals surface area contributed by atoms with Crippen LogP contribution in [0.1, 0.15) is 5.69 Å². The molecule has 0 radical (unpaired) electrons. The predicted octanol–water partition coefficient (Wildman–Crippen LogP) is 4.16. The van der Waals surface area contributed by atoms with Crippen LogP contribution in [0.3, 0.4) is 0 Å². The van der Waals surface area contributed by atoms with Gasteiger partial charge in [-0.25, -0.2) is 0 Å². The number of rotatable bonds is 3. The van der Waals surface area contributed by atoms with Crippen molar-refractivity contribution in [1.29, 1.82) is 0 Å². The molecule has 106 valence electrons. The molecule has 0 saturated carbocycles. The maximum atomic E-state index is 6.40. The molecule has 1 aliphatic rings. The maximum absolute atomic E-state index is 6.40. The first-order chi connectivity index (χ1) is 10.3.